The molecule has 0 aliphatic rings. The van der Waals surface area contributed by atoms with Crippen LogP contribution in [0.1, 0.15) is 19.4 Å². The normalized spacial score (nSPS) is 10.5. The Morgan fingerprint density at radius 3 is 2.29 bits per heavy atom. The van der Waals surface area contributed by atoms with Gasteiger partial charge in [0.15, 0.2) is 0 Å². The fraction of sp³-hybridized carbons (Fsp3) is 0.294. The number of rotatable bonds is 6. The molecule has 2 aromatic rings. The third-order valence-electron chi connectivity index (χ3n) is 3.48. The van der Waals surface area contributed by atoms with Crippen LogP contribution in [-0.2, 0) is 6.54 Å². The highest BCUT2D eigenvalue weighted by Crippen LogP contribution is 2.21. The van der Waals surface area contributed by atoms with Crippen molar-refractivity contribution in [2.24, 2.45) is 0 Å². The summed E-state index contributed by atoms with van der Waals surface area (Å²) in [7, 11) is 0. The Bertz CT molecular complexity index is 580. The average Bonchev–Trinajstić information content (AvgIpc) is 2.51. The second-order valence-electron chi connectivity index (χ2n) is 4.82. The van der Waals surface area contributed by atoms with Crippen molar-refractivity contribution < 1.29 is 4.39 Å². The van der Waals surface area contributed by atoms with E-state index in [2.05, 4.69) is 64.3 Å². The first-order chi connectivity index (χ1) is 10.1. The Morgan fingerprint density at radius 2 is 1.71 bits per heavy atom. The number of benzene rings is 2. The minimum Gasteiger partial charge on any atom is -0.381 e. The topological polar surface area (TPSA) is 15.3 Å². The van der Waals surface area contributed by atoms with E-state index < -0.39 is 0 Å². The lowest BCUT2D eigenvalue weighted by atomic mass is 10.2. The molecule has 0 aliphatic carbocycles. The Morgan fingerprint density at radius 1 is 1.05 bits per heavy atom. The minimum absolute atomic E-state index is 0.246. The van der Waals surface area contributed by atoms with Crippen LogP contribution in [0, 0.1) is 5.82 Å². The zero-order valence-corrected chi connectivity index (χ0v) is 14.0. The van der Waals surface area contributed by atoms with Crippen molar-refractivity contribution in [3.05, 3.63) is 58.3 Å². The zero-order valence-electron chi connectivity index (χ0n) is 12.4. The highest BCUT2D eigenvalue weighted by atomic mass is 79.9. The molecule has 4 heteroatoms. The Balaban J connectivity index is 1.98. The van der Waals surface area contributed by atoms with E-state index >= 15 is 0 Å². The van der Waals surface area contributed by atoms with Crippen LogP contribution in [0.5, 0.6) is 0 Å². The van der Waals surface area contributed by atoms with Gasteiger partial charge in [0.1, 0.15) is 5.82 Å². The molecule has 0 unspecified atom stereocenters. The second-order valence-corrected chi connectivity index (χ2v) is 5.68. The molecule has 0 atom stereocenters. The van der Waals surface area contributed by atoms with Crippen molar-refractivity contribution in [1.29, 1.82) is 0 Å². The molecule has 0 heterocycles. The second kappa shape index (κ2) is 7.46. The van der Waals surface area contributed by atoms with Gasteiger partial charge in [-0.3, -0.25) is 0 Å². The number of hydrogen-bond acceptors (Lipinski definition) is 2. The van der Waals surface area contributed by atoms with Crippen molar-refractivity contribution in [2.75, 3.05) is 23.3 Å². The van der Waals surface area contributed by atoms with E-state index in [9.17, 15) is 4.39 Å². The molecular formula is C17H20BrFN2. The molecule has 0 saturated heterocycles. The number of nitrogens with zero attached hydrogens (tertiary/aromatic N) is 1. The Labute approximate surface area is 134 Å². The molecule has 0 aromatic heterocycles. The average molecular weight is 351 g/mol. The fourth-order valence-electron chi connectivity index (χ4n) is 2.22. The van der Waals surface area contributed by atoms with Gasteiger partial charge in [-0.25, -0.2) is 4.39 Å². The molecular weight excluding hydrogens is 331 g/mol. The van der Waals surface area contributed by atoms with Crippen molar-refractivity contribution in [3.8, 4) is 0 Å². The molecule has 0 aliphatic heterocycles. The van der Waals surface area contributed by atoms with E-state index in [-0.39, 0.29) is 5.82 Å². The summed E-state index contributed by atoms with van der Waals surface area (Å²) in [6, 6.07) is 13.5. The van der Waals surface area contributed by atoms with Crippen molar-refractivity contribution in [1.82, 2.24) is 0 Å². The van der Waals surface area contributed by atoms with E-state index in [4.69, 9.17) is 0 Å². The summed E-state index contributed by atoms with van der Waals surface area (Å²) in [6.07, 6.45) is 0. The van der Waals surface area contributed by atoms with Gasteiger partial charge in [-0.2, -0.15) is 0 Å². The summed E-state index contributed by atoms with van der Waals surface area (Å²) in [5.74, 6) is -0.246. The summed E-state index contributed by atoms with van der Waals surface area (Å²) in [5, 5.41) is 3.30. The smallest absolute Gasteiger partial charge is 0.137 e. The third kappa shape index (κ3) is 4.21. The monoisotopic (exact) mass is 350 g/mol. The van der Waals surface area contributed by atoms with Crippen LogP contribution in [0.4, 0.5) is 15.8 Å². The van der Waals surface area contributed by atoms with Gasteiger partial charge in [0.2, 0.25) is 0 Å². The highest BCUT2D eigenvalue weighted by Gasteiger charge is 2.02. The zero-order chi connectivity index (χ0) is 15.2. The van der Waals surface area contributed by atoms with Crippen LogP contribution < -0.4 is 10.2 Å². The van der Waals surface area contributed by atoms with Crippen molar-refractivity contribution in [3.63, 3.8) is 0 Å². The largest absolute Gasteiger partial charge is 0.381 e. The summed E-state index contributed by atoms with van der Waals surface area (Å²) in [4.78, 5) is 2.31. The van der Waals surface area contributed by atoms with E-state index in [1.54, 1.807) is 12.1 Å². The van der Waals surface area contributed by atoms with E-state index in [0.29, 0.717) is 4.47 Å². The molecule has 0 radical (unpaired) electrons. The van der Waals surface area contributed by atoms with Crippen molar-refractivity contribution in [2.45, 2.75) is 20.4 Å². The lowest BCUT2D eigenvalue weighted by Crippen LogP contribution is -2.21. The molecule has 0 bridgehead atoms. The van der Waals surface area contributed by atoms with Gasteiger partial charge in [0.05, 0.1) is 4.47 Å². The first-order valence-corrected chi connectivity index (χ1v) is 7.96. The lowest BCUT2D eigenvalue weighted by Gasteiger charge is -2.21. The number of hydrogen-bond donors (Lipinski definition) is 1. The van der Waals surface area contributed by atoms with Gasteiger partial charge in [-0.1, -0.05) is 12.1 Å². The van der Waals surface area contributed by atoms with E-state index in [1.165, 1.54) is 17.3 Å². The van der Waals surface area contributed by atoms with Gasteiger partial charge in [0, 0.05) is 31.0 Å². The van der Waals surface area contributed by atoms with E-state index in [1.807, 2.05) is 0 Å². The van der Waals surface area contributed by atoms with Crippen LogP contribution >= 0.6 is 15.9 Å². The predicted molar refractivity (Wildman–Crippen MR) is 91.4 cm³/mol. The summed E-state index contributed by atoms with van der Waals surface area (Å²) in [5.41, 5.74) is 3.34. The Hall–Kier alpha value is -1.55. The number of nitrogens with one attached hydrogen (secondary N) is 1. The van der Waals surface area contributed by atoms with Crippen LogP contribution in [0.15, 0.2) is 46.9 Å². The number of halogens is 2. The first kappa shape index (κ1) is 15.8. The van der Waals surface area contributed by atoms with Gasteiger partial charge >= 0.3 is 0 Å². The van der Waals surface area contributed by atoms with Gasteiger partial charge < -0.3 is 10.2 Å². The first-order valence-electron chi connectivity index (χ1n) is 7.16. The van der Waals surface area contributed by atoms with Gasteiger partial charge in [-0.15, -0.1) is 0 Å². The standard InChI is InChI=1S/C17H20BrFN2/c1-3-21(4-2)15-8-5-13(6-9-15)12-20-14-7-10-17(19)16(18)11-14/h5-11,20H,3-4,12H2,1-2H3. The van der Waals surface area contributed by atoms with Crippen LogP contribution in [0.3, 0.4) is 0 Å². The highest BCUT2D eigenvalue weighted by molar-refractivity contribution is 9.10. The molecule has 21 heavy (non-hydrogen) atoms. The molecule has 1 N–H and O–H groups in total. The number of anilines is 2. The molecule has 2 aromatic carbocycles. The van der Waals surface area contributed by atoms with Gasteiger partial charge in [0.25, 0.3) is 0 Å². The van der Waals surface area contributed by atoms with Gasteiger partial charge in [-0.05, 0) is 65.7 Å². The van der Waals surface area contributed by atoms with Crippen molar-refractivity contribution >= 4 is 27.3 Å². The van der Waals surface area contributed by atoms with Crippen LogP contribution in [0.25, 0.3) is 0 Å². The predicted octanol–water partition coefficient (Wildman–Crippen LogP) is 5.05. The molecule has 0 fully saturated rings. The molecule has 0 amide bonds. The molecule has 0 spiro atoms. The lowest BCUT2D eigenvalue weighted by molar-refractivity contribution is 0.621. The minimum atomic E-state index is -0.246. The molecule has 112 valence electrons. The van der Waals surface area contributed by atoms with Crippen LogP contribution in [0.2, 0.25) is 0 Å². The maximum atomic E-state index is 13.2. The molecule has 2 rings (SSSR count). The maximum absolute atomic E-state index is 13.2. The third-order valence-corrected chi connectivity index (χ3v) is 4.09. The summed E-state index contributed by atoms with van der Waals surface area (Å²) >= 11 is 3.19. The molecule has 0 saturated carbocycles. The van der Waals surface area contributed by atoms with E-state index in [0.717, 1.165) is 25.3 Å². The molecule has 2 nitrogen and oxygen atoms in total. The SMILES string of the molecule is CCN(CC)c1ccc(CNc2ccc(F)c(Br)c2)cc1. The maximum Gasteiger partial charge on any atom is 0.137 e. The summed E-state index contributed by atoms with van der Waals surface area (Å²) in [6.45, 7) is 7.06. The fourth-order valence-corrected chi connectivity index (χ4v) is 2.60. The van der Waals surface area contributed by atoms with Crippen LogP contribution in [-0.4, -0.2) is 13.1 Å². The summed E-state index contributed by atoms with van der Waals surface area (Å²) < 4.78 is 13.6. The quantitative estimate of drug-likeness (QED) is 0.784. The Kier molecular flexibility index (Phi) is 5.62.